The molecule has 0 atom stereocenters. The second kappa shape index (κ2) is 36.7. The van der Waals surface area contributed by atoms with Crippen molar-refractivity contribution in [3.8, 4) is 0 Å². The third-order valence-corrected chi connectivity index (χ3v) is 0. The zero-order chi connectivity index (χ0) is 0. The van der Waals surface area contributed by atoms with Crippen LogP contribution in [0.4, 0.5) is 0 Å². The molecule has 0 saturated heterocycles. The van der Waals surface area contributed by atoms with Gasteiger partial charge in [0.15, 0.2) is 0 Å². The summed E-state index contributed by atoms with van der Waals surface area (Å²) in [5.74, 6) is 0. The van der Waals surface area contributed by atoms with E-state index in [0.29, 0.717) is 0 Å². The molecule has 0 aromatic rings. The number of hydrogen-bond acceptors (Lipinski definition) is 0. The molecule has 0 rings (SSSR count). The van der Waals surface area contributed by atoms with Crippen LogP contribution in [-0.4, -0.2) is 16.8 Å². The normalized spacial score (nSPS) is 0. The Hall–Kier alpha value is 3.87. The quantitative estimate of drug-likeness (QED) is 0.451. The SMILES string of the molecule is [B].[B].[Fe].[Fe].[Nd].[Nd]. The summed E-state index contributed by atoms with van der Waals surface area (Å²) < 4.78 is 0. The Labute approximate surface area is 129 Å². The van der Waals surface area contributed by atoms with E-state index >= 15 is 0 Å². The van der Waals surface area contributed by atoms with Crippen LogP contribution in [0.1, 0.15) is 0 Å². The van der Waals surface area contributed by atoms with Crippen LogP contribution in [0.3, 0.4) is 0 Å². The first-order valence-corrected chi connectivity index (χ1v) is 0. The van der Waals surface area contributed by atoms with Crippen molar-refractivity contribution >= 4 is 16.8 Å². The fraction of sp³-hybridized carbons (Fsp3) is 0. The van der Waals surface area contributed by atoms with Crippen molar-refractivity contribution in [2.45, 2.75) is 0 Å². The maximum Gasteiger partial charge on any atom is 0 e. The molecular formula is B2Fe2Nd2. The minimum absolute atomic E-state index is 0. The molecule has 0 aliphatic heterocycles. The first kappa shape index (κ1) is 51.8. The maximum atomic E-state index is 0. The summed E-state index contributed by atoms with van der Waals surface area (Å²) in [6.07, 6.45) is 0. The van der Waals surface area contributed by atoms with E-state index in [9.17, 15) is 0 Å². The van der Waals surface area contributed by atoms with Gasteiger partial charge in [0.1, 0.15) is 0 Å². The first-order chi connectivity index (χ1) is 0. The molecule has 0 aromatic heterocycles. The Morgan fingerprint density at radius 2 is 0.500 bits per heavy atom. The van der Waals surface area contributed by atoms with Crippen molar-refractivity contribution in [3.63, 3.8) is 0 Å². The number of hydrogen-bond donors (Lipinski definition) is 0. The van der Waals surface area contributed by atoms with Gasteiger partial charge in [0.05, 0.1) is 0 Å². The molecule has 0 spiro atoms. The Kier molecular flexibility index (Phi) is 317. The first-order valence-electron chi connectivity index (χ1n) is 0. The van der Waals surface area contributed by atoms with Crippen LogP contribution < -0.4 is 0 Å². The second-order valence-corrected chi connectivity index (χ2v) is 0. The molecule has 0 amide bonds. The Morgan fingerprint density at radius 3 is 0.500 bits per heavy atom. The van der Waals surface area contributed by atoms with E-state index in [1.807, 2.05) is 0 Å². The second-order valence-electron chi connectivity index (χ2n) is 0. The van der Waals surface area contributed by atoms with Gasteiger partial charge in [0, 0.05) is 133 Å². The molecular weight excluding hydrogens is 422 g/mol. The van der Waals surface area contributed by atoms with Crippen molar-refractivity contribution in [1.82, 2.24) is 0 Å². The van der Waals surface area contributed by atoms with E-state index in [4.69, 9.17) is 0 Å². The van der Waals surface area contributed by atoms with Gasteiger partial charge in [-0.3, -0.25) is 0 Å². The van der Waals surface area contributed by atoms with Crippen molar-refractivity contribution in [2.75, 3.05) is 0 Å². The molecule has 0 aliphatic carbocycles. The van der Waals surface area contributed by atoms with Crippen molar-refractivity contribution in [1.29, 1.82) is 0 Å². The van der Waals surface area contributed by atoms with E-state index in [0.717, 1.165) is 0 Å². The van der Waals surface area contributed by atoms with E-state index < -0.39 is 0 Å². The average molecular weight is 422 g/mol. The summed E-state index contributed by atoms with van der Waals surface area (Å²) in [6.45, 7) is 0. The summed E-state index contributed by atoms with van der Waals surface area (Å²) in [6, 6.07) is 0. The monoisotopic (exact) mass is 418 g/mol. The van der Waals surface area contributed by atoms with E-state index in [-0.39, 0.29) is 133 Å². The van der Waals surface area contributed by atoms with Crippen molar-refractivity contribution < 1.29 is 116 Å². The van der Waals surface area contributed by atoms with Gasteiger partial charge >= 0.3 is 0 Å². The summed E-state index contributed by atoms with van der Waals surface area (Å²) in [5.41, 5.74) is 0. The molecule has 0 nitrogen and oxygen atoms in total. The van der Waals surface area contributed by atoms with Gasteiger partial charge in [0.25, 0.3) is 0 Å². The molecule has 0 aliphatic rings. The summed E-state index contributed by atoms with van der Waals surface area (Å²) in [4.78, 5) is 0. The van der Waals surface area contributed by atoms with Crippen molar-refractivity contribution in [3.05, 3.63) is 0 Å². The maximum absolute atomic E-state index is 0. The zero-order valence-corrected chi connectivity index (χ0v) is 11.5. The van der Waals surface area contributed by atoms with Crippen LogP contribution in [0.15, 0.2) is 0 Å². The molecule has 0 saturated carbocycles. The Morgan fingerprint density at radius 1 is 0.500 bits per heavy atom. The molecule has 0 fully saturated rings. The molecule has 0 unspecified atom stereocenters. The third-order valence-electron chi connectivity index (χ3n) is 0. The molecule has 0 N–H and O–H groups in total. The fourth-order valence-corrected chi connectivity index (χ4v) is 0. The van der Waals surface area contributed by atoms with E-state index in [2.05, 4.69) is 0 Å². The summed E-state index contributed by atoms with van der Waals surface area (Å²) >= 11 is 0. The van der Waals surface area contributed by atoms with E-state index in [1.54, 1.807) is 0 Å². The topological polar surface area (TPSA) is 0 Å². The molecule has 0 heterocycles. The molecule has 6 heteroatoms. The van der Waals surface area contributed by atoms with Crippen LogP contribution in [0, 0.1) is 81.7 Å². The third kappa shape index (κ3) is 24.8. The van der Waals surface area contributed by atoms with Crippen LogP contribution in [0.25, 0.3) is 0 Å². The number of rotatable bonds is 0. The van der Waals surface area contributed by atoms with Gasteiger partial charge in [-0.25, -0.2) is 0 Å². The Bertz CT molecular complexity index is 9.51. The van der Waals surface area contributed by atoms with Crippen LogP contribution >= 0.6 is 0 Å². The van der Waals surface area contributed by atoms with Crippen LogP contribution in [-0.2, 0) is 34.1 Å². The fourth-order valence-electron chi connectivity index (χ4n) is 0. The van der Waals surface area contributed by atoms with Gasteiger partial charge in [-0.05, 0) is 0 Å². The predicted molar refractivity (Wildman–Crippen MR) is 11.5 cm³/mol. The molecule has 6 heavy (non-hydrogen) atoms. The Balaban J connectivity index is 0. The van der Waals surface area contributed by atoms with Gasteiger partial charge < -0.3 is 0 Å². The molecule has 0 bridgehead atoms. The van der Waals surface area contributed by atoms with Gasteiger partial charge in [-0.2, -0.15) is 0 Å². The minimum atomic E-state index is 0. The zero-order valence-electron chi connectivity index (χ0n) is 2.86. The van der Waals surface area contributed by atoms with Gasteiger partial charge in [0.2, 0.25) is 0 Å². The van der Waals surface area contributed by atoms with Crippen LogP contribution in [0.2, 0.25) is 0 Å². The standard InChI is InChI=1S/2B.2Fe.2Nd. The predicted octanol–water partition coefficient (Wildman–Crippen LogP) is -0.767. The van der Waals surface area contributed by atoms with Gasteiger partial charge in [-0.15, -0.1) is 0 Å². The largest absolute Gasteiger partial charge is 0 e. The smallest absolute Gasteiger partial charge is 0 e. The molecule has 30 valence electrons. The molecule has 6 radical (unpaired) electrons. The van der Waals surface area contributed by atoms with E-state index in [1.165, 1.54) is 0 Å². The summed E-state index contributed by atoms with van der Waals surface area (Å²) in [5, 5.41) is 0. The van der Waals surface area contributed by atoms with Crippen molar-refractivity contribution in [2.24, 2.45) is 0 Å². The summed E-state index contributed by atoms with van der Waals surface area (Å²) in [7, 11) is 0. The van der Waals surface area contributed by atoms with Crippen LogP contribution in [0.5, 0.6) is 0 Å². The van der Waals surface area contributed by atoms with Gasteiger partial charge in [-0.1, -0.05) is 0 Å². The minimum Gasteiger partial charge on any atom is 0 e. The average Bonchev–Trinajstić information content (AvgIpc) is 0. The molecule has 0 aromatic carbocycles.